The molecule has 1 N–H and O–H groups in total. The summed E-state index contributed by atoms with van der Waals surface area (Å²) in [5.74, 6) is 0.537. The number of phenols is 1. The van der Waals surface area contributed by atoms with Gasteiger partial charge in [-0.25, -0.2) is 4.98 Å². The number of imidazole rings is 1. The molecular formula is C65H59N3O. The highest BCUT2D eigenvalue weighted by atomic mass is 16.3. The first-order valence-electron chi connectivity index (χ1n) is 25.3. The highest BCUT2D eigenvalue weighted by molar-refractivity contribution is 5.97. The van der Waals surface area contributed by atoms with Crippen LogP contribution in [0.2, 0.25) is 0 Å². The van der Waals surface area contributed by atoms with E-state index in [1.165, 1.54) is 5.56 Å². The van der Waals surface area contributed by atoms with Crippen LogP contribution < -0.4 is 0 Å². The predicted octanol–water partition coefficient (Wildman–Crippen LogP) is 17.3. The summed E-state index contributed by atoms with van der Waals surface area (Å²) < 4.78 is 29.5. The van der Waals surface area contributed by atoms with Gasteiger partial charge >= 0.3 is 0 Å². The molecule has 0 saturated heterocycles. The number of fused-ring (bicyclic) bond motifs is 1. The normalized spacial score (nSPS) is 12.7. The van der Waals surface area contributed by atoms with E-state index in [1.807, 2.05) is 91.3 Å². The van der Waals surface area contributed by atoms with Gasteiger partial charge in [0.25, 0.3) is 0 Å². The molecule has 0 aliphatic carbocycles. The minimum atomic E-state index is -2.54. The van der Waals surface area contributed by atoms with Crippen molar-refractivity contribution in [2.45, 2.75) is 73.1 Å². The Morgan fingerprint density at radius 3 is 1.83 bits per heavy atom. The van der Waals surface area contributed by atoms with Crippen LogP contribution in [-0.4, -0.2) is 19.6 Å². The lowest BCUT2D eigenvalue weighted by atomic mass is 9.78. The summed E-state index contributed by atoms with van der Waals surface area (Å²) in [7, 11) is 0. The lowest BCUT2D eigenvalue weighted by Crippen LogP contribution is -2.13. The number of aryl methyl sites for hydroxylation is 3. The van der Waals surface area contributed by atoms with E-state index < -0.39 is 6.85 Å². The van der Waals surface area contributed by atoms with Gasteiger partial charge in [-0.3, -0.25) is 9.55 Å². The first-order valence-corrected chi connectivity index (χ1v) is 23.8. The molecule has 0 fully saturated rings. The fourth-order valence-electron chi connectivity index (χ4n) is 9.74. The van der Waals surface area contributed by atoms with E-state index >= 15 is 0 Å². The Morgan fingerprint density at radius 1 is 0.493 bits per heavy atom. The maximum Gasteiger partial charge on any atom is 0.149 e. The molecule has 340 valence electrons. The monoisotopic (exact) mass is 900 g/mol. The average molecular weight is 901 g/mol. The largest absolute Gasteiger partial charge is 0.507 e. The van der Waals surface area contributed by atoms with E-state index in [1.54, 1.807) is 0 Å². The number of phenolic OH excluding ortho intramolecular Hbond substituents is 1. The van der Waals surface area contributed by atoms with Crippen LogP contribution in [0.4, 0.5) is 0 Å². The molecule has 0 saturated carbocycles. The third-order valence-corrected chi connectivity index (χ3v) is 13.3. The molecule has 10 rings (SSSR count). The molecule has 0 bridgehead atoms. The second-order valence-electron chi connectivity index (χ2n) is 20.4. The van der Waals surface area contributed by atoms with Crippen molar-refractivity contribution in [1.29, 1.82) is 0 Å². The minimum Gasteiger partial charge on any atom is -0.507 e. The smallest absolute Gasteiger partial charge is 0.149 e. The minimum absolute atomic E-state index is 0.0926. The molecule has 10 aromatic rings. The summed E-state index contributed by atoms with van der Waals surface area (Å²) in [5, 5.41) is 11.9. The van der Waals surface area contributed by atoms with Crippen LogP contribution in [0.5, 0.6) is 5.75 Å². The van der Waals surface area contributed by atoms with E-state index in [4.69, 9.17) is 9.97 Å². The van der Waals surface area contributed by atoms with Gasteiger partial charge in [-0.05, 0) is 158 Å². The molecule has 0 radical (unpaired) electrons. The zero-order valence-electron chi connectivity index (χ0n) is 43.7. The predicted molar refractivity (Wildman–Crippen MR) is 290 cm³/mol. The van der Waals surface area contributed by atoms with Crippen molar-refractivity contribution >= 4 is 11.0 Å². The molecule has 0 atom stereocenters. The number of aromatic nitrogens is 3. The van der Waals surface area contributed by atoms with Crippen LogP contribution in [0.15, 0.2) is 188 Å². The van der Waals surface area contributed by atoms with E-state index in [-0.39, 0.29) is 22.1 Å². The van der Waals surface area contributed by atoms with Gasteiger partial charge in [0.2, 0.25) is 0 Å². The quantitative estimate of drug-likeness (QED) is 0.165. The van der Waals surface area contributed by atoms with E-state index in [0.29, 0.717) is 33.7 Å². The summed E-state index contributed by atoms with van der Waals surface area (Å²) in [6.07, 6.45) is 1.88. The van der Waals surface area contributed by atoms with Crippen molar-refractivity contribution in [1.82, 2.24) is 14.5 Å². The van der Waals surface area contributed by atoms with Crippen LogP contribution in [-0.2, 0) is 10.8 Å². The van der Waals surface area contributed by atoms with Crippen molar-refractivity contribution in [3.63, 3.8) is 0 Å². The molecule has 0 unspecified atom stereocenters. The summed E-state index contributed by atoms with van der Waals surface area (Å²) in [6, 6.07) is 62.3. The summed E-state index contributed by atoms with van der Waals surface area (Å²) in [4.78, 5) is 10.4. The third-order valence-electron chi connectivity index (χ3n) is 13.3. The SMILES string of the molecule is [2H]C([2H])([2H])c1cc(-c2c(-c3ccccc3)cccc2C(C)(C)C)ccc1-n1c(-c2cc(C)cc(C)c2O)nc2c(-c3cc(-c4cc(-c5ccc(-c6ccccc6)cc5)ccn4)cc(C(C)(C)C)c3)cccc21. The van der Waals surface area contributed by atoms with Gasteiger partial charge in [0.15, 0.2) is 0 Å². The number of nitrogens with zero attached hydrogens (tertiary/aromatic N) is 3. The Hall–Kier alpha value is -7.82. The maximum absolute atomic E-state index is 11.9. The fraction of sp³-hybridized carbons (Fsp3) is 0.169. The Bertz CT molecular complexity index is 3650. The van der Waals surface area contributed by atoms with Crippen LogP contribution in [0, 0.1) is 20.7 Å². The van der Waals surface area contributed by atoms with E-state index in [0.717, 1.165) is 78.0 Å². The highest BCUT2D eigenvalue weighted by Gasteiger charge is 2.26. The van der Waals surface area contributed by atoms with Gasteiger partial charge in [0.1, 0.15) is 11.6 Å². The van der Waals surface area contributed by atoms with Gasteiger partial charge in [-0.2, -0.15) is 0 Å². The third kappa shape index (κ3) is 8.68. The van der Waals surface area contributed by atoms with Crippen LogP contribution in [0.25, 0.3) is 95.0 Å². The van der Waals surface area contributed by atoms with E-state index in [9.17, 15) is 9.22 Å². The van der Waals surface area contributed by atoms with Crippen molar-refractivity contribution in [3.8, 4) is 89.7 Å². The lowest BCUT2D eigenvalue weighted by Gasteiger charge is -2.26. The average Bonchev–Trinajstić information content (AvgIpc) is 3.76. The highest BCUT2D eigenvalue weighted by Crippen LogP contribution is 2.44. The number of hydrogen-bond donors (Lipinski definition) is 1. The zero-order valence-corrected chi connectivity index (χ0v) is 40.7. The van der Waals surface area contributed by atoms with Crippen LogP contribution >= 0.6 is 0 Å². The van der Waals surface area contributed by atoms with Crippen LogP contribution in [0.3, 0.4) is 0 Å². The standard InChI is InChI=1S/C65H59N3O/c1-41-34-43(3)62(69)55(35-41)63-67-61-54(50-37-51(39-52(38-50)64(4,5)6)57-40-48(32-33-66-57)46-28-26-45(27-29-46)44-18-12-10-13-19-44)23-17-25-59(61)68(63)58-31-30-49(36-42(58)2)60-53(47-20-14-11-15-21-47)22-16-24-56(60)65(7,8)9/h10-40,69H,1-9H3/i2D3. The molecule has 2 heterocycles. The molecule has 0 spiro atoms. The number of para-hydroxylation sites is 1. The number of benzene rings is 8. The Kier molecular flexibility index (Phi) is 10.6. The first-order chi connectivity index (χ1) is 34.3. The molecule has 0 amide bonds. The van der Waals surface area contributed by atoms with Crippen molar-refractivity contribution < 1.29 is 9.22 Å². The van der Waals surface area contributed by atoms with E-state index in [2.05, 4.69) is 157 Å². The van der Waals surface area contributed by atoms with Crippen molar-refractivity contribution in [2.24, 2.45) is 0 Å². The molecule has 4 heteroatoms. The first kappa shape index (κ1) is 41.4. The maximum atomic E-state index is 11.9. The fourth-order valence-corrected chi connectivity index (χ4v) is 9.74. The number of aromatic hydroxyl groups is 1. The Morgan fingerprint density at radius 2 is 1.13 bits per heavy atom. The molecular weight excluding hydrogens is 839 g/mol. The Balaban J connectivity index is 1.18. The lowest BCUT2D eigenvalue weighted by molar-refractivity contribution is 0.472. The van der Waals surface area contributed by atoms with Gasteiger partial charge in [0, 0.05) is 21.4 Å². The number of pyridine rings is 1. The summed E-state index contributed by atoms with van der Waals surface area (Å²) in [6.45, 7) is 14.6. The Labute approximate surface area is 411 Å². The zero-order chi connectivity index (χ0) is 50.7. The summed E-state index contributed by atoms with van der Waals surface area (Å²) >= 11 is 0. The second kappa shape index (κ2) is 17.7. The molecule has 0 aliphatic heterocycles. The summed E-state index contributed by atoms with van der Waals surface area (Å²) in [5.41, 5.74) is 18.0. The van der Waals surface area contributed by atoms with Crippen molar-refractivity contribution in [3.05, 3.63) is 216 Å². The number of hydrogen-bond acceptors (Lipinski definition) is 3. The molecule has 8 aromatic carbocycles. The van der Waals surface area contributed by atoms with Gasteiger partial charge in [-0.15, -0.1) is 0 Å². The van der Waals surface area contributed by atoms with Crippen molar-refractivity contribution in [2.75, 3.05) is 0 Å². The molecule has 2 aromatic heterocycles. The van der Waals surface area contributed by atoms with Crippen LogP contribution in [0.1, 0.15) is 73.5 Å². The van der Waals surface area contributed by atoms with Gasteiger partial charge in [-0.1, -0.05) is 175 Å². The molecule has 4 nitrogen and oxygen atoms in total. The topological polar surface area (TPSA) is 50.9 Å². The number of rotatable bonds is 8. The van der Waals surface area contributed by atoms with Gasteiger partial charge < -0.3 is 5.11 Å². The molecule has 0 aliphatic rings. The second-order valence-corrected chi connectivity index (χ2v) is 20.4. The molecule has 69 heavy (non-hydrogen) atoms. The van der Waals surface area contributed by atoms with Gasteiger partial charge in [0.05, 0.1) is 28.0 Å².